The molecule has 1 N–H and O–H groups in total. The molecule has 2 aromatic carbocycles. The maximum atomic E-state index is 12.5. The highest BCUT2D eigenvalue weighted by atomic mass is 79.9. The number of thiazole rings is 1. The maximum absolute atomic E-state index is 12.5. The third-order valence-corrected chi connectivity index (χ3v) is 6.78. The molecule has 0 spiro atoms. The second kappa shape index (κ2) is 7.27. The van der Waals surface area contributed by atoms with Gasteiger partial charge in [-0.25, -0.2) is 4.99 Å². The van der Waals surface area contributed by atoms with Gasteiger partial charge >= 0.3 is 0 Å². The Kier molecular flexibility index (Phi) is 4.60. The second-order valence-corrected chi connectivity index (χ2v) is 8.81. The molecule has 0 radical (unpaired) electrons. The van der Waals surface area contributed by atoms with Crippen LogP contribution < -0.4 is 20.4 Å². The Morgan fingerprint density at radius 1 is 1.00 bits per heavy atom. The van der Waals surface area contributed by atoms with E-state index in [4.69, 9.17) is 0 Å². The molecular formula is C21H17BrN4O2S. The van der Waals surface area contributed by atoms with E-state index in [0.717, 1.165) is 41.0 Å². The molecule has 0 unspecified atom stereocenters. The number of aromatic hydroxyl groups is 1. The first-order chi connectivity index (χ1) is 14.1. The van der Waals surface area contributed by atoms with Gasteiger partial charge in [-0.05, 0) is 30.3 Å². The molecule has 5 rings (SSSR count). The number of hydrogen-bond acceptors (Lipinski definition) is 6. The van der Waals surface area contributed by atoms with E-state index in [1.165, 1.54) is 17.0 Å². The molecule has 0 bridgehead atoms. The van der Waals surface area contributed by atoms with E-state index in [2.05, 4.69) is 47.8 Å². The van der Waals surface area contributed by atoms with Gasteiger partial charge in [-0.3, -0.25) is 4.79 Å². The first kappa shape index (κ1) is 18.3. The summed E-state index contributed by atoms with van der Waals surface area (Å²) in [5, 5.41) is 12.6. The molecule has 0 aliphatic carbocycles. The molecule has 1 saturated heterocycles. The zero-order valence-electron chi connectivity index (χ0n) is 15.4. The van der Waals surface area contributed by atoms with Gasteiger partial charge in [-0.2, -0.15) is 4.98 Å². The van der Waals surface area contributed by atoms with Gasteiger partial charge in [0.05, 0.1) is 10.9 Å². The van der Waals surface area contributed by atoms with Crippen LogP contribution in [0.2, 0.25) is 0 Å². The van der Waals surface area contributed by atoms with Gasteiger partial charge in [-0.1, -0.05) is 45.5 Å². The van der Waals surface area contributed by atoms with Crippen LogP contribution in [-0.4, -0.2) is 42.2 Å². The van der Waals surface area contributed by atoms with Crippen LogP contribution in [0.5, 0.6) is 5.88 Å². The third kappa shape index (κ3) is 3.32. The molecule has 2 aliphatic rings. The van der Waals surface area contributed by atoms with E-state index in [-0.39, 0.29) is 11.8 Å². The summed E-state index contributed by atoms with van der Waals surface area (Å²) in [5.74, 6) is -0.445. The fourth-order valence-electron chi connectivity index (χ4n) is 3.70. The van der Waals surface area contributed by atoms with Crippen LogP contribution in [0.3, 0.4) is 0 Å². The van der Waals surface area contributed by atoms with Gasteiger partial charge in [-0.15, -0.1) is 0 Å². The number of halogens is 1. The Morgan fingerprint density at radius 2 is 1.72 bits per heavy atom. The van der Waals surface area contributed by atoms with Crippen molar-refractivity contribution < 1.29 is 9.90 Å². The fraction of sp³-hybridized carbons (Fsp3) is 0.190. The highest BCUT2D eigenvalue weighted by Crippen LogP contribution is 2.36. The van der Waals surface area contributed by atoms with E-state index < -0.39 is 0 Å². The Bertz CT molecular complexity index is 1220. The average molecular weight is 469 g/mol. The molecule has 1 amide bonds. The Balaban J connectivity index is 1.43. The molecule has 1 fully saturated rings. The second-order valence-electron chi connectivity index (χ2n) is 6.91. The lowest BCUT2D eigenvalue weighted by atomic mass is 10.1. The summed E-state index contributed by atoms with van der Waals surface area (Å²) in [4.78, 5) is 26.0. The van der Waals surface area contributed by atoms with Crippen molar-refractivity contribution >= 4 is 49.6 Å². The molecule has 0 atom stereocenters. The number of rotatable bonds is 3. The van der Waals surface area contributed by atoms with Crippen LogP contribution in [0.4, 0.5) is 10.8 Å². The summed E-state index contributed by atoms with van der Waals surface area (Å²) in [6.07, 6.45) is 0. The number of hydrogen-bond donors (Lipinski definition) is 1. The summed E-state index contributed by atoms with van der Waals surface area (Å²) in [6.45, 7) is 3.36. The summed E-state index contributed by atoms with van der Waals surface area (Å²) >= 11 is 4.79. The standard InChI is InChI=1S/C21H17BrN4O2S/c22-13-6-7-16-15(12-13)17(19(27)23-16)18-20(28)24-21(29-18)26-10-8-25(9-11-26)14-4-2-1-3-5-14/h1-7,12,28H,8-11H2. The monoisotopic (exact) mass is 468 g/mol. The Labute approximate surface area is 179 Å². The zero-order chi connectivity index (χ0) is 20.0. The van der Waals surface area contributed by atoms with Crippen molar-refractivity contribution in [2.45, 2.75) is 0 Å². The number of fused-ring (bicyclic) bond motifs is 1. The maximum Gasteiger partial charge on any atom is 0.279 e. The highest BCUT2D eigenvalue weighted by molar-refractivity contribution is 9.10. The SMILES string of the molecule is O=C1N=c2ccc(Br)cc2=C1c1sc(N2CCN(c3ccccc3)CC2)nc1O. The molecule has 0 saturated carbocycles. The highest BCUT2D eigenvalue weighted by Gasteiger charge is 2.27. The minimum atomic E-state index is -0.336. The first-order valence-corrected chi connectivity index (χ1v) is 10.9. The number of aromatic nitrogens is 1. The van der Waals surface area contributed by atoms with Gasteiger partial charge in [0.25, 0.3) is 5.91 Å². The van der Waals surface area contributed by atoms with Crippen molar-refractivity contribution in [3.63, 3.8) is 0 Å². The number of carbonyl (C=O) groups excluding carboxylic acids is 1. The molecule has 3 aromatic rings. The largest absolute Gasteiger partial charge is 0.492 e. The Hall–Kier alpha value is -2.71. The van der Waals surface area contributed by atoms with Crippen LogP contribution in [0.1, 0.15) is 4.88 Å². The first-order valence-electron chi connectivity index (χ1n) is 9.28. The minimum Gasteiger partial charge on any atom is -0.492 e. The normalized spacial score (nSPS) is 16.2. The van der Waals surface area contributed by atoms with Gasteiger partial charge < -0.3 is 14.9 Å². The number of benzene rings is 2. The van der Waals surface area contributed by atoms with Crippen LogP contribution in [-0.2, 0) is 4.79 Å². The lowest BCUT2D eigenvalue weighted by Crippen LogP contribution is -2.46. The number of piperazine rings is 1. The van der Waals surface area contributed by atoms with Crippen molar-refractivity contribution in [3.05, 3.63) is 68.5 Å². The molecule has 8 heteroatoms. The van der Waals surface area contributed by atoms with Crippen molar-refractivity contribution in [1.29, 1.82) is 0 Å². The molecular weight excluding hydrogens is 452 g/mol. The van der Waals surface area contributed by atoms with Gasteiger partial charge in [0.2, 0.25) is 5.88 Å². The van der Waals surface area contributed by atoms with Crippen molar-refractivity contribution in [2.75, 3.05) is 36.0 Å². The van der Waals surface area contributed by atoms with E-state index in [1.54, 1.807) is 6.07 Å². The lowest BCUT2D eigenvalue weighted by Gasteiger charge is -2.35. The predicted molar refractivity (Wildman–Crippen MR) is 117 cm³/mol. The molecule has 6 nitrogen and oxygen atoms in total. The number of amides is 1. The summed E-state index contributed by atoms with van der Waals surface area (Å²) < 4.78 is 0.861. The van der Waals surface area contributed by atoms with E-state index in [1.807, 2.05) is 30.3 Å². The molecule has 1 aromatic heterocycles. The zero-order valence-corrected chi connectivity index (χ0v) is 17.8. The predicted octanol–water partition coefficient (Wildman–Crippen LogP) is 2.30. The number of carbonyl (C=O) groups is 1. The van der Waals surface area contributed by atoms with Crippen LogP contribution in [0.25, 0.3) is 5.57 Å². The summed E-state index contributed by atoms with van der Waals surface area (Å²) in [5.41, 5.74) is 1.64. The molecule has 29 heavy (non-hydrogen) atoms. The molecule has 146 valence electrons. The quantitative estimate of drug-likeness (QED) is 0.638. The van der Waals surface area contributed by atoms with Crippen molar-refractivity contribution in [2.24, 2.45) is 4.99 Å². The van der Waals surface area contributed by atoms with E-state index in [0.29, 0.717) is 15.8 Å². The fourth-order valence-corrected chi connectivity index (χ4v) is 5.12. The van der Waals surface area contributed by atoms with Gasteiger partial charge in [0.1, 0.15) is 4.88 Å². The van der Waals surface area contributed by atoms with Crippen LogP contribution >= 0.6 is 27.3 Å². The molecule has 3 heterocycles. The Morgan fingerprint density at radius 3 is 2.48 bits per heavy atom. The van der Waals surface area contributed by atoms with E-state index >= 15 is 0 Å². The number of nitrogens with zero attached hydrogens (tertiary/aromatic N) is 4. The average Bonchev–Trinajstić information content (AvgIpc) is 3.27. The van der Waals surface area contributed by atoms with E-state index in [9.17, 15) is 9.90 Å². The smallest absolute Gasteiger partial charge is 0.279 e. The van der Waals surface area contributed by atoms with Crippen LogP contribution in [0, 0.1) is 0 Å². The van der Waals surface area contributed by atoms with Gasteiger partial charge in [0.15, 0.2) is 5.13 Å². The summed E-state index contributed by atoms with van der Waals surface area (Å²) in [7, 11) is 0. The topological polar surface area (TPSA) is 69.0 Å². The minimum absolute atomic E-state index is 0.109. The lowest BCUT2D eigenvalue weighted by molar-refractivity contribution is -0.112. The third-order valence-electron chi connectivity index (χ3n) is 5.16. The van der Waals surface area contributed by atoms with Crippen molar-refractivity contribution in [3.8, 4) is 5.88 Å². The van der Waals surface area contributed by atoms with Crippen LogP contribution in [0.15, 0.2) is 58.0 Å². The number of para-hydroxylation sites is 1. The molecule has 2 aliphatic heterocycles. The number of anilines is 2. The van der Waals surface area contributed by atoms with Gasteiger partial charge in [0, 0.05) is 41.6 Å². The summed E-state index contributed by atoms with van der Waals surface area (Å²) in [6, 6.07) is 15.8. The van der Waals surface area contributed by atoms with Crippen molar-refractivity contribution in [1.82, 2.24) is 4.98 Å².